The Kier molecular flexibility index (Phi) is 6.05. The number of benzene rings is 3. The van der Waals surface area contributed by atoms with E-state index in [4.69, 9.17) is 0 Å². The number of anilines is 1. The summed E-state index contributed by atoms with van der Waals surface area (Å²) in [6, 6.07) is 18.8. The zero-order valence-corrected chi connectivity index (χ0v) is 20.4. The van der Waals surface area contributed by atoms with E-state index < -0.39 is 12.1 Å². The highest BCUT2D eigenvalue weighted by molar-refractivity contribution is 6.08. The number of aryl methyl sites for hydroxylation is 1. The Labute approximate surface area is 205 Å². The van der Waals surface area contributed by atoms with Gasteiger partial charge in [-0.15, -0.1) is 0 Å². The zero-order valence-electron chi connectivity index (χ0n) is 20.4. The Balaban J connectivity index is 1.40. The van der Waals surface area contributed by atoms with Crippen molar-refractivity contribution in [1.29, 1.82) is 0 Å². The molecule has 2 heterocycles. The standard InChI is InChI=1S/C29H31N3O3/c1-17(2)27(33)31-24-14-13-20-9-6-10-23-16-25(32(26(20)23)29(24)35)28(34)30-18(3)21-12-11-19-7-4-5-8-22(19)15-21/h4-12,15,17-18,24-25H,13-14,16H2,1-3H3,(H,30,34)(H,31,33). The van der Waals surface area contributed by atoms with Crippen molar-refractivity contribution in [2.75, 3.05) is 4.90 Å². The summed E-state index contributed by atoms with van der Waals surface area (Å²) >= 11 is 0. The number of nitrogens with zero attached hydrogens (tertiary/aromatic N) is 1. The highest BCUT2D eigenvalue weighted by Gasteiger charge is 2.44. The molecule has 0 aliphatic carbocycles. The van der Waals surface area contributed by atoms with Crippen molar-refractivity contribution >= 4 is 34.2 Å². The molecule has 3 amide bonds. The van der Waals surface area contributed by atoms with Gasteiger partial charge in [0, 0.05) is 12.3 Å². The van der Waals surface area contributed by atoms with Crippen LogP contribution in [-0.2, 0) is 27.2 Å². The molecular formula is C29H31N3O3. The van der Waals surface area contributed by atoms with E-state index in [0.29, 0.717) is 19.3 Å². The first kappa shape index (κ1) is 23.1. The van der Waals surface area contributed by atoms with E-state index in [1.54, 1.807) is 4.90 Å². The number of nitrogens with one attached hydrogen (secondary N) is 2. The van der Waals surface area contributed by atoms with Crippen LogP contribution in [0.5, 0.6) is 0 Å². The third-order valence-electron chi connectivity index (χ3n) is 7.18. The molecule has 5 rings (SSSR count). The van der Waals surface area contributed by atoms with Gasteiger partial charge in [-0.3, -0.25) is 19.3 Å². The minimum absolute atomic E-state index is 0.153. The first-order chi connectivity index (χ1) is 16.8. The van der Waals surface area contributed by atoms with Crippen LogP contribution in [0.25, 0.3) is 10.8 Å². The number of para-hydroxylation sites is 1. The summed E-state index contributed by atoms with van der Waals surface area (Å²) in [5.74, 6) is -0.762. The van der Waals surface area contributed by atoms with Crippen molar-refractivity contribution in [2.45, 2.75) is 58.2 Å². The number of carbonyl (C=O) groups excluding carboxylic acids is 3. The normalized spacial score (nSPS) is 19.9. The quantitative estimate of drug-likeness (QED) is 0.592. The summed E-state index contributed by atoms with van der Waals surface area (Å²) in [6.45, 7) is 5.58. The Hall–Kier alpha value is -3.67. The molecule has 180 valence electrons. The Morgan fingerprint density at radius 1 is 0.943 bits per heavy atom. The van der Waals surface area contributed by atoms with Crippen LogP contribution in [0.3, 0.4) is 0 Å². The molecular weight excluding hydrogens is 438 g/mol. The molecule has 0 aromatic heterocycles. The summed E-state index contributed by atoms with van der Waals surface area (Å²) in [7, 11) is 0. The van der Waals surface area contributed by atoms with E-state index in [1.165, 1.54) is 0 Å². The zero-order chi connectivity index (χ0) is 24.7. The van der Waals surface area contributed by atoms with Gasteiger partial charge in [0.1, 0.15) is 12.1 Å². The lowest BCUT2D eigenvalue weighted by Gasteiger charge is -2.29. The van der Waals surface area contributed by atoms with Crippen molar-refractivity contribution in [3.05, 3.63) is 77.4 Å². The average molecular weight is 470 g/mol. The number of rotatable bonds is 5. The fourth-order valence-corrected chi connectivity index (χ4v) is 5.18. The van der Waals surface area contributed by atoms with Crippen LogP contribution < -0.4 is 15.5 Å². The predicted molar refractivity (Wildman–Crippen MR) is 137 cm³/mol. The summed E-state index contributed by atoms with van der Waals surface area (Å²) in [5.41, 5.74) is 3.91. The van der Waals surface area contributed by atoms with Crippen LogP contribution in [0, 0.1) is 5.92 Å². The van der Waals surface area contributed by atoms with E-state index in [9.17, 15) is 14.4 Å². The van der Waals surface area contributed by atoms with Gasteiger partial charge in [0.25, 0.3) is 0 Å². The topological polar surface area (TPSA) is 78.5 Å². The third-order valence-corrected chi connectivity index (χ3v) is 7.18. The Bertz CT molecular complexity index is 1320. The minimum Gasteiger partial charge on any atom is -0.348 e. The monoisotopic (exact) mass is 469 g/mol. The predicted octanol–water partition coefficient (Wildman–Crippen LogP) is 4.06. The largest absolute Gasteiger partial charge is 0.348 e. The summed E-state index contributed by atoms with van der Waals surface area (Å²) in [6.07, 6.45) is 1.67. The fourth-order valence-electron chi connectivity index (χ4n) is 5.18. The third kappa shape index (κ3) is 4.29. The van der Waals surface area contributed by atoms with Crippen LogP contribution in [0.2, 0.25) is 0 Å². The molecule has 0 saturated heterocycles. The molecule has 0 bridgehead atoms. The van der Waals surface area contributed by atoms with Crippen molar-refractivity contribution in [2.24, 2.45) is 5.92 Å². The maximum absolute atomic E-state index is 13.7. The number of fused-ring (bicyclic) bond motifs is 1. The molecule has 2 aliphatic rings. The molecule has 0 spiro atoms. The second kappa shape index (κ2) is 9.17. The molecule has 2 aliphatic heterocycles. The van der Waals surface area contributed by atoms with Crippen molar-refractivity contribution in [3.63, 3.8) is 0 Å². The Morgan fingerprint density at radius 3 is 2.46 bits per heavy atom. The number of hydrogen-bond acceptors (Lipinski definition) is 3. The molecule has 3 aromatic rings. The highest BCUT2D eigenvalue weighted by Crippen LogP contribution is 2.39. The van der Waals surface area contributed by atoms with Gasteiger partial charge in [0.15, 0.2) is 0 Å². The summed E-state index contributed by atoms with van der Waals surface area (Å²) in [5, 5.41) is 8.32. The lowest BCUT2D eigenvalue weighted by molar-refractivity contribution is -0.130. The van der Waals surface area contributed by atoms with Crippen molar-refractivity contribution < 1.29 is 14.4 Å². The molecule has 35 heavy (non-hydrogen) atoms. The fraction of sp³-hybridized carbons (Fsp3) is 0.345. The number of hydrogen-bond donors (Lipinski definition) is 2. The van der Waals surface area contributed by atoms with Gasteiger partial charge in [-0.05, 0) is 53.3 Å². The number of carbonyl (C=O) groups is 3. The smallest absolute Gasteiger partial charge is 0.250 e. The van der Waals surface area contributed by atoms with Crippen molar-refractivity contribution in [1.82, 2.24) is 10.6 Å². The molecule has 6 nitrogen and oxygen atoms in total. The highest BCUT2D eigenvalue weighted by atomic mass is 16.2. The van der Waals surface area contributed by atoms with Gasteiger partial charge in [0.05, 0.1) is 11.7 Å². The first-order valence-electron chi connectivity index (χ1n) is 12.4. The molecule has 3 unspecified atom stereocenters. The minimum atomic E-state index is -0.642. The lowest BCUT2D eigenvalue weighted by atomic mass is 10.0. The van der Waals surface area contributed by atoms with E-state index in [2.05, 4.69) is 34.9 Å². The van der Waals surface area contributed by atoms with Crippen LogP contribution in [0.15, 0.2) is 60.7 Å². The SMILES string of the molecule is CC(C)C(=O)NC1CCc2cccc3c2N(C1=O)C(C(=O)NC(C)c1ccc2ccccc2c1)C3. The molecule has 3 aromatic carbocycles. The molecule has 6 heteroatoms. The van der Waals surface area contributed by atoms with E-state index in [-0.39, 0.29) is 29.7 Å². The second-order valence-corrected chi connectivity index (χ2v) is 9.94. The number of amides is 3. The van der Waals surface area contributed by atoms with E-state index >= 15 is 0 Å². The first-order valence-corrected chi connectivity index (χ1v) is 12.4. The Morgan fingerprint density at radius 2 is 1.69 bits per heavy atom. The van der Waals surface area contributed by atoms with Gasteiger partial charge in [-0.1, -0.05) is 68.4 Å². The maximum Gasteiger partial charge on any atom is 0.250 e. The second-order valence-electron chi connectivity index (χ2n) is 9.94. The van der Waals surface area contributed by atoms with Crippen molar-refractivity contribution in [3.8, 4) is 0 Å². The molecule has 0 saturated carbocycles. The lowest BCUT2D eigenvalue weighted by Crippen LogP contribution is -2.55. The molecule has 0 radical (unpaired) electrons. The van der Waals surface area contributed by atoms with Crippen LogP contribution in [0.4, 0.5) is 5.69 Å². The van der Waals surface area contributed by atoms with E-state index in [1.807, 2.05) is 57.2 Å². The summed E-state index contributed by atoms with van der Waals surface area (Å²) < 4.78 is 0. The van der Waals surface area contributed by atoms with Crippen LogP contribution >= 0.6 is 0 Å². The van der Waals surface area contributed by atoms with Gasteiger partial charge in [-0.2, -0.15) is 0 Å². The summed E-state index contributed by atoms with van der Waals surface area (Å²) in [4.78, 5) is 41.3. The van der Waals surface area contributed by atoms with Gasteiger partial charge >= 0.3 is 0 Å². The van der Waals surface area contributed by atoms with Gasteiger partial charge < -0.3 is 10.6 Å². The van der Waals surface area contributed by atoms with E-state index in [0.717, 1.165) is 33.2 Å². The van der Waals surface area contributed by atoms with Gasteiger partial charge in [-0.25, -0.2) is 0 Å². The van der Waals surface area contributed by atoms with Gasteiger partial charge in [0.2, 0.25) is 17.7 Å². The molecule has 3 atom stereocenters. The average Bonchev–Trinajstić information content (AvgIpc) is 3.19. The maximum atomic E-state index is 13.7. The molecule has 0 fully saturated rings. The van der Waals surface area contributed by atoms with Crippen LogP contribution in [0.1, 0.15) is 49.9 Å². The molecule has 2 N–H and O–H groups in total. The van der Waals surface area contributed by atoms with Crippen LogP contribution in [-0.4, -0.2) is 29.8 Å².